The van der Waals surface area contributed by atoms with Gasteiger partial charge in [-0.15, -0.1) is 0 Å². The normalized spacial score (nSPS) is 9.62. The van der Waals surface area contributed by atoms with Gasteiger partial charge in [0.25, 0.3) is 0 Å². The summed E-state index contributed by atoms with van der Waals surface area (Å²) in [6, 6.07) is 7.60. The third-order valence-electron chi connectivity index (χ3n) is 1.51. The van der Waals surface area contributed by atoms with Gasteiger partial charge >= 0.3 is 5.97 Å². The monoisotopic (exact) mass is 243 g/mol. The fourth-order valence-corrected chi connectivity index (χ4v) is 1.15. The minimum Gasteiger partial charge on any atom is -0.481 e. The summed E-state index contributed by atoms with van der Waals surface area (Å²) in [5.74, 6) is -0.787. The van der Waals surface area contributed by atoms with Gasteiger partial charge in [0.15, 0.2) is 0 Å². The first kappa shape index (κ1) is 10.1. The van der Waals surface area contributed by atoms with Gasteiger partial charge in [0.2, 0.25) is 0 Å². The minimum absolute atomic E-state index is 0.135. The number of carboxylic acids is 1. The summed E-state index contributed by atoms with van der Waals surface area (Å²) in [6.07, 6.45) is 0.135. The zero-order valence-corrected chi connectivity index (χ0v) is 8.54. The van der Waals surface area contributed by atoms with E-state index in [4.69, 9.17) is 5.11 Å². The Morgan fingerprint density at radius 1 is 1.38 bits per heavy atom. The molecule has 0 amide bonds. The molecule has 4 heteroatoms. The predicted molar refractivity (Wildman–Crippen MR) is 54.9 cm³/mol. The van der Waals surface area contributed by atoms with Crippen LogP contribution in [-0.4, -0.2) is 17.6 Å². The molecular weight excluding hydrogens is 234 g/mol. The van der Waals surface area contributed by atoms with Crippen molar-refractivity contribution in [2.45, 2.75) is 6.42 Å². The van der Waals surface area contributed by atoms with Crippen molar-refractivity contribution < 1.29 is 9.90 Å². The van der Waals surface area contributed by atoms with E-state index in [9.17, 15) is 4.79 Å². The van der Waals surface area contributed by atoms with E-state index in [0.717, 1.165) is 10.2 Å². The Morgan fingerprint density at radius 2 is 2.00 bits per heavy atom. The maximum Gasteiger partial charge on any atom is 0.305 e. The Bertz CT molecular complexity index is 284. The molecule has 1 aromatic rings. The summed E-state index contributed by atoms with van der Waals surface area (Å²) in [5, 5.41) is 11.4. The lowest BCUT2D eigenvalue weighted by atomic mass is 10.3. The second kappa shape index (κ2) is 4.87. The van der Waals surface area contributed by atoms with Crippen molar-refractivity contribution in [1.82, 2.24) is 0 Å². The number of aliphatic carboxylic acids is 1. The van der Waals surface area contributed by atoms with Gasteiger partial charge in [-0.3, -0.25) is 4.79 Å². The van der Waals surface area contributed by atoms with Crippen LogP contribution in [0.4, 0.5) is 5.69 Å². The van der Waals surface area contributed by atoms with Gasteiger partial charge in [0.05, 0.1) is 6.42 Å². The number of anilines is 1. The van der Waals surface area contributed by atoms with E-state index in [0.29, 0.717) is 6.54 Å². The molecule has 1 aromatic carbocycles. The summed E-state index contributed by atoms with van der Waals surface area (Å²) >= 11 is 3.31. The molecule has 0 aliphatic carbocycles. The number of benzene rings is 1. The molecule has 0 spiro atoms. The summed E-state index contributed by atoms with van der Waals surface area (Å²) in [4.78, 5) is 10.2. The van der Waals surface area contributed by atoms with Gasteiger partial charge in [-0.2, -0.15) is 0 Å². The van der Waals surface area contributed by atoms with E-state index in [2.05, 4.69) is 21.2 Å². The molecule has 0 aliphatic heterocycles. The van der Waals surface area contributed by atoms with E-state index in [1.54, 1.807) is 0 Å². The molecule has 0 aromatic heterocycles. The molecule has 3 nitrogen and oxygen atoms in total. The van der Waals surface area contributed by atoms with Crippen LogP contribution in [0.15, 0.2) is 28.7 Å². The predicted octanol–water partition coefficient (Wildman–Crippen LogP) is 2.34. The zero-order valence-electron chi connectivity index (χ0n) is 6.96. The first-order chi connectivity index (χ1) is 6.18. The number of carboxylic acid groups (broad SMARTS) is 1. The van der Waals surface area contributed by atoms with Gasteiger partial charge in [0, 0.05) is 16.7 Å². The Morgan fingerprint density at radius 3 is 2.54 bits per heavy atom. The lowest BCUT2D eigenvalue weighted by Gasteiger charge is -2.03. The Labute approximate surface area is 84.9 Å². The quantitative estimate of drug-likeness (QED) is 0.854. The van der Waals surface area contributed by atoms with Crippen LogP contribution >= 0.6 is 15.9 Å². The fraction of sp³-hybridized carbons (Fsp3) is 0.222. The van der Waals surface area contributed by atoms with Gasteiger partial charge < -0.3 is 10.4 Å². The number of halogens is 1. The summed E-state index contributed by atoms with van der Waals surface area (Å²) < 4.78 is 1.01. The van der Waals surface area contributed by atoms with E-state index in [1.165, 1.54) is 0 Å². The second-order valence-corrected chi connectivity index (χ2v) is 3.49. The van der Waals surface area contributed by atoms with Crippen LogP contribution in [0.25, 0.3) is 0 Å². The Kier molecular flexibility index (Phi) is 3.76. The number of rotatable bonds is 4. The van der Waals surface area contributed by atoms with Crippen molar-refractivity contribution in [3.05, 3.63) is 28.7 Å². The number of hydrogen-bond acceptors (Lipinski definition) is 2. The maximum absolute atomic E-state index is 10.2. The lowest BCUT2D eigenvalue weighted by Crippen LogP contribution is -2.07. The SMILES string of the molecule is O=C(O)CCNc1ccc(Br)cc1. The van der Waals surface area contributed by atoms with Crippen molar-refractivity contribution in [1.29, 1.82) is 0 Å². The standard InChI is InChI=1S/C9H10BrNO2/c10-7-1-3-8(4-2-7)11-6-5-9(12)13/h1-4,11H,5-6H2,(H,12,13). The van der Waals surface area contributed by atoms with E-state index < -0.39 is 5.97 Å². The van der Waals surface area contributed by atoms with Crippen LogP contribution in [-0.2, 0) is 4.79 Å². The van der Waals surface area contributed by atoms with Crippen LogP contribution in [0.5, 0.6) is 0 Å². The van der Waals surface area contributed by atoms with Gasteiger partial charge in [-0.25, -0.2) is 0 Å². The molecule has 0 fully saturated rings. The second-order valence-electron chi connectivity index (χ2n) is 2.58. The first-order valence-corrected chi connectivity index (χ1v) is 4.69. The van der Waals surface area contributed by atoms with Crippen LogP contribution < -0.4 is 5.32 Å². The van der Waals surface area contributed by atoms with Crippen LogP contribution in [0, 0.1) is 0 Å². The highest BCUT2D eigenvalue weighted by Gasteiger charge is 1.95. The summed E-state index contributed by atoms with van der Waals surface area (Å²) in [7, 11) is 0. The number of hydrogen-bond donors (Lipinski definition) is 2. The number of carbonyl (C=O) groups is 1. The third-order valence-corrected chi connectivity index (χ3v) is 2.04. The highest BCUT2D eigenvalue weighted by atomic mass is 79.9. The van der Waals surface area contributed by atoms with Crippen molar-refractivity contribution in [3.63, 3.8) is 0 Å². The summed E-state index contributed by atoms with van der Waals surface area (Å²) in [6.45, 7) is 0.455. The van der Waals surface area contributed by atoms with E-state index in [1.807, 2.05) is 24.3 Å². The molecule has 0 unspecified atom stereocenters. The summed E-state index contributed by atoms with van der Waals surface area (Å²) in [5.41, 5.74) is 0.935. The molecule has 0 bridgehead atoms. The lowest BCUT2D eigenvalue weighted by molar-refractivity contribution is -0.136. The highest BCUT2D eigenvalue weighted by Crippen LogP contribution is 2.13. The van der Waals surface area contributed by atoms with Gasteiger partial charge in [0.1, 0.15) is 0 Å². The highest BCUT2D eigenvalue weighted by molar-refractivity contribution is 9.10. The smallest absolute Gasteiger partial charge is 0.305 e. The van der Waals surface area contributed by atoms with Crippen LogP contribution in [0.1, 0.15) is 6.42 Å². The van der Waals surface area contributed by atoms with Crippen LogP contribution in [0.2, 0.25) is 0 Å². The maximum atomic E-state index is 10.2. The molecule has 2 N–H and O–H groups in total. The largest absolute Gasteiger partial charge is 0.481 e. The third kappa shape index (κ3) is 3.94. The van der Waals surface area contributed by atoms with Crippen molar-refractivity contribution in [2.24, 2.45) is 0 Å². The average Bonchev–Trinajstić information content (AvgIpc) is 2.08. The van der Waals surface area contributed by atoms with E-state index >= 15 is 0 Å². The van der Waals surface area contributed by atoms with Crippen molar-refractivity contribution in [2.75, 3.05) is 11.9 Å². The van der Waals surface area contributed by atoms with Crippen LogP contribution in [0.3, 0.4) is 0 Å². The molecule has 0 saturated carbocycles. The van der Waals surface area contributed by atoms with Gasteiger partial charge in [-0.1, -0.05) is 15.9 Å². The van der Waals surface area contributed by atoms with Gasteiger partial charge in [-0.05, 0) is 24.3 Å². The molecule has 70 valence electrons. The molecule has 13 heavy (non-hydrogen) atoms. The molecule has 1 rings (SSSR count). The van der Waals surface area contributed by atoms with Crippen molar-refractivity contribution >= 4 is 27.6 Å². The molecule has 0 saturated heterocycles. The molecular formula is C9H10BrNO2. The topological polar surface area (TPSA) is 49.3 Å². The molecule has 0 atom stereocenters. The average molecular weight is 244 g/mol. The Balaban J connectivity index is 2.37. The Hall–Kier alpha value is -1.03. The van der Waals surface area contributed by atoms with Crippen molar-refractivity contribution in [3.8, 4) is 0 Å². The fourth-order valence-electron chi connectivity index (χ4n) is 0.882. The molecule has 0 heterocycles. The minimum atomic E-state index is -0.787. The zero-order chi connectivity index (χ0) is 9.68. The molecule has 0 radical (unpaired) electrons. The molecule has 0 aliphatic rings. The van der Waals surface area contributed by atoms with E-state index in [-0.39, 0.29) is 6.42 Å². The number of nitrogens with one attached hydrogen (secondary N) is 1. The first-order valence-electron chi connectivity index (χ1n) is 3.90.